The lowest BCUT2D eigenvalue weighted by atomic mass is 10.1. The molecule has 0 unspecified atom stereocenters. The molecule has 0 fully saturated rings. The van der Waals surface area contributed by atoms with Crippen LogP contribution in [0.5, 0.6) is 0 Å². The second-order valence-corrected chi connectivity index (χ2v) is 26.6. The van der Waals surface area contributed by atoms with Gasteiger partial charge >= 0.3 is 0 Å². The fourth-order valence-electron chi connectivity index (χ4n) is 14.8. The molecule has 0 bridgehead atoms. The molecule has 14 aromatic carbocycles. The molecule has 0 saturated carbocycles. The second kappa shape index (κ2) is 18.5. The van der Waals surface area contributed by atoms with Gasteiger partial charge in [0.2, 0.25) is 0 Å². The average molecular weight is 1100 g/mol. The second-order valence-electron chi connectivity index (χ2n) is 22.8. The predicted octanol–water partition coefficient (Wildman–Crippen LogP) is 17.8. The first-order chi connectivity index (χ1) is 42.2. The van der Waals surface area contributed by atoms with E-state index in [-0.39, 0.29) is 0 Å². The van der Waals surface area contributed by atoms with Gasteiger partial charge in [-0.25, -0.2) is 0 Å². The van der Waals surface area contributed by atoms with Crippen LogP contribution in [-0.4, -0.2) is 26.3 Å². The van der Waals surface area contributed by atoms with E-state index < -0.39 is 8.07 Å². The van der Waals surface area contributed by atoms with Gasteiger partial charge in [-0.3, -0.25) is 0 Å². The summed E-state index contributed by atoms with van der Waals surface area (Å²) in [6, 6.07) is 119. The van der Waals surface area contributed by atoms with Gasteiger partial charge in [0, 0.05) is 65.8 Å². The minimum Gasteiger partial charge on any atom is -0.309 e. The van der Waals surface area contributed by atoms with Crippen LogP contribution < -0.4 is 20.7 Å². The summed E-state index contributed by atoms with van der Waals surface area (Å²) in [5.41, 5.74) is 13.7. The van der Waals surface area contributed by atoms with Gasteiger partial charge in [-0.15, -0.1) is 0 Å². The molecule has 0 aliphatic heterocycles. The largest absolute Gasteiger partial charge is 0.309 e. The number of hydrogen-bond acceptors (Lipinski definition) is 0. The standard InChI is InChI=1S/C80H52N4Si/c1-3-23-55-45-61(43-41-53(55)21-1)85(62-44-42-54-22-2-4-24-56(54)46-62,63-49-57(81-73-33-13-5-25-65(73)66-26-6-14-34-74(66)81)47-58(50-63)82-75-35-15-7-27-67(75)68-28-8-16-36-76(68)82)64-51-59(83-77-37-17-9-29-69(77)70-30-10-18-38-78(70)83)48-60(52-64)84-79-39-19-11-31-71(79)72-32-12-20-40-80(72)84/h1-52H. The highest BCUT2D eigenvalue weighted by Crippen LogP contribution is 2.39. The van der Waals surface area contributed by atoms with E-state index in [1.54, 1.807) is 0 Å². The van der Waals surface area contributed by atoms with E-state index in [0.29, 0.717) is 0 Å². The van der Waals surface area contributed by atoms with Crippen LogP contribution in [-0.2, 0) is 0 Å². The van der Waals surface area contributed by atoms with Crippen LogP contribution in [0.15, 0.2) is 315 Å². The molecule has 18 aromatic rings. The highest BCUT2D eigenvalue weighted by Gasteiger charge is 2.44. The Bertz CT molecular complexity index is 4940. The van der Waals surface area contributed by atoms with E-state index in [1.807, 2.05) is 0 Å². The van der Waals surface area contributed by atoms with Crippen molar-refractivity contribution >= 4 is 138 Å². The van der Waals surface area contributed by atoms with E-state index in [4.69, 9.17) is 0 Å². The zero-order chi connectivity index (χ0) is 55.7. The monoisotopic (exact) mass is 1100 g/mol. The first kappa shape index (κ1) is 47.6. The highest BCUT2D eigenvalue weighted by atomic mass is 28.3. The number of aromatic nitrogens is 4. The Balaban J connectivity index is 1.07. The van der Waals surface area contributed by atoms with Crippen molar-refractivity contribution in [2.45, 2.75) is 0 Å². The predicted molar refractivity (Wildman–Crippen MR) is 362 cm³/mol. The summed E-state index contributed by atoms with van der Waals surface area (Å²) in [4.78, 5) is 0. The molecule has 0 aliphatic rings. The van der Waals surface area contributed by atoms with Crippen molar-refractivity contribution in [3.8, 4) is 22.7 Å². The van der Waals surface area contributed by atoms with Crippen LogP contribution >= 0.6 is 0 Å². The number of benzene rings is 14. The van der Waals surface area contributed by atoms with Crippen LogP contribution in [0.3, 0.4) is 0 Å². The van der Waals surface area contributed by atoms with Crippen molar-refractivity contribution < 1.29 is 0 Å². The molecule has 5 heteroatoms. The fourth-order valence-corrected chi connectivity index (χ4v) is 19.7. The van der Waals surface area contributed by atoms with E-state index in [2.05, 4.69) is 334 Å². The molecule has 396 valence electrons. The van der Waals surface area contributed by atoms with Crippen LogP contribution in [0.2, 0.25) is 0 Å². The molecule has 0 saturated heterocycles. The van der Waals surface area contributed by atoms with Gasteiger partial charge in [-0.2, -0.15) is 0 Å². The molecule has 85 heavy (non-hydrogen) atoms. The lowest BCUT2D eigenvalue weighted by Gasteiger charge is -2.36. The first-order valence-electron chi connectivity index (χ1n) is 29.4. The van der Waals surface area contributed by atoms with Gasteiger partial charge in [-0.1, -0.05) is 231 Å². The lowest BCUT2D eigenvalue weighted by Crippen LogP contribution is -2.75. The maximum atomic E-state index is 2.58. The van der Waals surface area contributed by atoms with Gasteiger partial charge in [-0.05, 0) is 127 Å². The van der Waals surface area contributed by atoms with Crippen molar-refractivity contribution in [3.05, 3.63) is 315 Å². The van der Waals surface area contributed by atoms with Gasteiger partial charge in [0.25, 0.3) is 0 Å². The SMILES string of the molecule is c1ccc2cc([Si](c3cc(-n4c5ccccc5c5ccccc54)cc(-n4c5ccccc5c5ccccc54)c3)(c3cc(-n4c5ccccc5c5ccccc54)cc(-n4c5ccccc5c5ccccc54)c3)c3ccc4ccccc4c3)ccc2c1. The molecule has 0 aliphatic carbocycles. The smallest absolute Gasteiger partial charge is 0.179 e. The Kier molecular flexibility index (Phi) is 10.4. The van der Waals surface area contributed by atoms with Gasteiger partial charge in [0.15, 0.2) is 8.07 Å². The summed E-state index contributed by atoms with van der Waals surface area (Å²) < 4.78 is 10.1. The Labute approximate surface area is 491 Å². The van der Waals surface area contributed by atoms with E-state index >= 15 is 0 Å². The van der Waals surface area contributed by atoms with E-state index in [9.17, 15) is 0 Å². The summed E-state index contributed by atoms with van der Waals surface area (Å²) in [5, 5.41) is 19.8. The minimum atomic E-state index is -3.70. The summed E-state index contributed by atoms with van der Waals surface area (Å²) in [7, 11) is -3.70. The zero-order valence-electron chi connectivity index (χ0n) is 46.3. The van der Waals surface area contributed by atoms with Gasteiger partial charge in [0.05, 0.1) is 44.1 Å². The first-order valence-corrected chi connectivity index (χ1v) is 31.4. The van der Waals surface area contributed by atoms with Crippen molar-refractivity contribution in [1.29, 1.82) is 0 Å². The van der Waals surface area contributed by atoms with Crippen molar-refractivity contribution in [1.82, 2.24) is 18.3 Å². The molecular formula is C80H52N4Si. The van der Waals surface area contributed by atoms with E-state index in [1.165, 1.54) is 130 Å². The molecule has 0 radical (unpaired) electrons. The Morgan fingerprint density at radius 1 is 0.165 bits per heavy atom. The molecular weight excluding hydrogens is 1040 g/mol. The Morgan fingerprint density at radius 2 is 0.376 bits per heavy atom. The topological polar surface area (TPSA) is 19.7 Å². The molecule has 0 amide bonds. The molecule has 0 atom stereocenters. The maximum Gasteiger partial charge on any atom is 0.179 e. The third-order valence-electron chi connectivity index (χ3n) is 18.4. The number of para-hydroxylation sites is 8. The maximum absolute atomic E-state index is 3.70. The van der Waals surface area contributed by atoms with Crippen LogP contribution in [0.1, 0.15) is 0 Å². The Morgan fingerprint density at radius 3 is 0.624 bits per heavy atom. The molecule has 0 N–H and O–H groups in total. The number of nitrogens with zero attached hydrogens (tertiary/aromatic N) is 4. The molecule has 4 nitrogen and oxygen atoms in total. The van der Waals surface area contributed by atoms with Crippen molar-refractivity contribution in [2.75, 3.05) is 0 Å². The number of hydrogen-bond donors (Lipinski definition) is 0. The van der Waals surface area contributed by atoms with Crippen molar-refractivity contribution in [3.63, 3.8) is 0 Å². The van der Waals surface area contributed by atoms with Gasteiger partial charge in [0.1, 0.15) is 0 Å². The molecule has 4 aromatic heterocycles. The Hall–Kier alpha value is -11.0. The van der Waals surface area contributed by atoms with Crippen molar-refractivity contribution in [2.24, 2.45) is 0 Å². The molecule has 4 heterocycles. The average Bonchev–Trinajstić information content (AvgIpc) is 2.54. The van der Waals surface area contributed by atoms with Crippen LogP contribution in [0.25, 0.3) is 132 Å². The summed E-state index contributed by atoms with van der Waals surface area (Å²) in [6.45, 7) is 0. The lowest BCUT2D eigenvalue weighted by molar-refractivity contribution is 1.14. The summed E-state index contributed by atoms with van der Waals surface area (Å²) >= 11 is 0. The third-order valence-corrected chi connectivity index (χ3v) is 23.1. The fraction of sp³-hybridized carbons (Fsp3) is 0. The number of fused-ring (bicyclic) bond motifs is 14. The normalized spacial score (nSPS) is 12.2. The summed E-state index contributed by atoms with van der Waals surface area (Å²) in [6.07, 6.45) is 0. The number of rotatable bonds is 8. The van der Waals surface area contributed by atoms with Crippen LogP contribution in [0, 0.1) is 0 Å². The minimum absolute atomic E-state index is 1.10. The third kappa shape index (κ3) is 7.02. The molecule has 18 rings (SSSR count). The van der Waals surface area contributed by atoms with E-state index in [0.717, 1.165) is 22.7 Å². The summed E-state index contributed by atoms with van der Waals surface area (Å²) in [5.74, 6) is 0. The zero-order valence-corrected chi connectivity index (χ0v) is 47.3. The van der Waals surface area contributed by atoms with Gasteiger partial charge < -0.3 is 18.3 Å². The quantitative estimate of drug-likeness (QED) is 0.107. The van der Waals surface area contributed by atoms with Crippen LogP contribution in [0.4, 0.5) is 0 Å². The molecule has 0 spiro atoms. The highest BCUT2D eigenvalue weighted by molar-refractivity contribution is 7.20.